The molecule has 1 aromatic carbocycles. The van der Waals surface area contributed by atoms with Crippen LogP contribution in [0.25, 0.3) is 0 Å². The molecule has 70 valence electrons. The lowest BCUT2D eigenvalue weighted by Gasteiger charge is -2.06. The highest BCUT2D eigenvalue weighted by atomic mass is 14.9. The molecule has 1 aromatic rings. The zero-order chi connectivity index (χ0) is 10.2. The highest BCUT2D eigenvalue weighted by Gasteiger charge is 1.92. The molecule has 0 unspecified atom stereocenters. The van der Waals surface area contributed by atoms with E-state index in [0.717, 1.165) is 11.4 Å². The summed E-state index contributed by atoms with van der Waals surface area (Å²) in [5.74, 6) is 5.03. The summed E-state index contributed by atoms with van der Waals surface area (Å²) in [5.41, 5.74) is 1.98. The number of benzene rings is 1. The normalized spacial score (nSPS) is 8.43. The molecule has 0 aliphatic heterocycles. The Labute approximate surface area is 84.7 Å². The third kappa shape index (κ3) is 3.13. The van der Waals surface area contributed by atoms with E-state index in [-0.39, 0.29) is 0 Å². The van der Waals surface area contributed by atoms with E-state index in [1.807, 2.05) is 24.3 Å². The zero-order valence-corrected chi connectivity index (χ0v) is 7.88. The number of rotatable bonds is 4. The van der Waals surface area contributed by atoms with Gasteiger partial charge in [0.05, 0.1) is 13.1 Å². The average molecular weight is 184 g/mol. The molecule has 0 aliphatic carbocycles. The summed E-state index contributed by atoms with van der Waals surface area (Å²) in [6.07, 6.45) is 10.3. The van der Waals surface area contributed by atoms with Crippen molar-refractivity contribution in [1.29, 1.82) is 0 Å². The number of anilines is 2. The Morgan fingerprint density at radius 3 is 1.93 bits per heavy atom. The van der Waals surface area contributed by atoms with Crippen LogP contribution in [-0.4, -0.2) is 13.1 Å². The third-order valence-corrected chi connectivity index (χ3v) is 1.65. The van der Waals surface area contributed by atoms with Gasteiger partial charge in [-0.15, -0.1) is 12.8 Å². The van der Waals surface area contributed by atoms with Gasteiger partial charge in [0.1, 0.15) is 0 Å². The smallest absolute Gasteiger partial charge is 0.0763 e. The molecule has 0 radical (unpaired) electrons. The molecule has 2 N–H and O–H groups in total. The second-order valence-corrected chi connectivity index (χ2v) is 2.70. The molecule has 0 fully saturated rings. The third-order valence-electron chi connectivity index (χ3n) is 1.65. The van der Waals surface area contributed by atoms with Gasteiger partial charge < -0.3 is 10.6 Å². The summed E-state index contributed by atoms with van der Waals surface area (Å²) < 4.78 is 0. The van der Waals surface area contributed by atoms with E-state index in [1.54, 1.807) is 0 Å². The number of hydrogen-bond donors (Lipinski definition) is 2. The molecule has 1 rings (SSSR count). The van der Waals surface area contributed by atoms with Crippen molar-refractivity contribution in [3.8, 4) is 24.7 Å². The first-order valence-corrected chi connectivity index (χ1v) is 4.31. The number of terminal acetylenes is 2. The Morgan fingerprint density at radius 1 is 1.00 bits per heavy atom. The van der Waals surface area contributed by atoms with Crippen molar-refractivity contribution in [3.63, 3.8) is 0 Å². The lowest BCUT2D eigenvalue weighted by Crippen LogP contribution is -2.01. The van der Waals surface area contributed by atoms with Gasteiger partial charge in [-0.2, -0.15) is 0 Å². The molecule has 0 saturated heterocycles. The fourth-order valence-electron chi connectivity index (χ4n) is 1.05. The first-order valence-electron chi connectivity index (χ1n) is 4.31. The first-order chi connectivity index (χ1) is 6.86. The molecule has 0 atom stereocenters. The van der Waals surface area contributed by atoms with Crippen LogP contribution in [-0.2, 0) is 0 Å². The molecule has 14 heavy (non-hydrogen) atoms. The molecule has 0 saturated carbocycles. The predicted octanol–water partition coefficient (Wildman–Crippen LogP) is 1.78. The minimum atomic E-state index is 0.526. The van der Waals surface area contributed by atoms with Gasteiger partial charge in [0.25, 0.3) is 0 Å². The van der Waals surface area contributed by atoms with Gasteiger partial charge in [0.15, 0.2) is 0 Å². The van der Waals surface area contributed by atoms with Crippen LogP contribution in [0, 0.1) is 24.7 Å². The Morgan fingerprint density at radius 2 is 1.50 bits per heavy atom. The highest BCUT2D eigenvalue weighted by Crippen LogP contribution is 2.14. The summed E-state index contributed by atoms with van der Waals surface area (Å²) >= 11 is 0. The van der Waals surface area contributed by atoms with Gasteiger partial charge in [0, 0.05) is 11.4 Å². The lowest BCUT2D eigenvalue weighted by molar-refractivity contribution is 1.35. The Kier molecular flexibility index (Phi) is 3.98. The predicted molar refractivity (Wildman–Crippen MR) is 61.1 cm³/mol. The summed E-state index contributed by atoms with van der Waals surface area (Å²) in [6.45, 7) is 1.05. The van der Waals surface area contributed by atoms with Crippen molar-refractivity contribution in [2.24, 2.45) is 0 Å². The number of hydrogen-bond acceptors (Lipinski definition) is 2. The Balaban J connectivity index is 2.61. The van der Waals surface area contributed by atoms with Crippen molar-refractivity contribution in [2.45, 2.75) is 0 Å². The van der Waals surface area contributed by atoms with Crippen LogP contribution in [0.3, 0.4) is 0 Å². The monoisotopic (exact) mass is 184 g/mol. The van der Waals surface area contributed by atoms with Gasteiger partial charge in [-0.25, -0.2) is 0 Å². The van der Waals surface area contributed by atoms with Crippen LogP contribution in [0.4, 0.5) is 11.4 Å². The molecular weight excluding hydrogens is 172 g/mol. The molecule has 0 bridgehead atoms. The minimum Gasteiger partial charge on any atom is -0.374 e. The van der Waals surface area contributed by atoms with E-state index in [0.29, 0.717) is 13.1 Å². The van der Waals surface area contributed by atoms with Gasteiger partial charge >= 0.3 is 0 Å². The van der Waals surface area contributed by atoms with Crippen LogP contribution in [0.1, 0.15) is 0 Å². The highest BCUT2D eigenvalue weighted by molar-refractivity contribution is 5.57. The van der Waals surface area contributed by atoms with Crippen molar-refractivity contribution >= 4 is 11.4 Å². The van der Waals surface area contributed by atoms with Gasteiger partial charge in [0.2, 0.25) is 0 Å². The van der Waals surface area contributed by atoms with Crippen LogP contribution < -0.4 is 10.6 Å². The van der Waals surface area contributed by atoms with Gasteiger partial charge in [-0.05, 0) is 18.2 Å². The Hall–Kier alpha value is -2.06. The van der Waals surface area contributed by atoms with Crippen LogP contribution >= 0.6 is 0 Å². The number of nitrogens with one attached hydrogen (secondary N) is 2. The van der Waals surface area contributed by atoms with E-state index >= 15 is 0 Å². The van der Waals surface area contributed by atoms with Crippen LogP contribution in [0.15, 0.2) is 24.3 Å². The molecule has 0 amide bonds. The average Bonchev–Trinajstić information content (AvgIpc) is 2.24. The van der Waals surface area contributed by atoms with Crippen molar-refractivity contribution in [2.75, 3.05) is 23.7 Å². The van der Waals surface area contributed by atoms with E-state index < -0.39 is 0 Å². The van der Waals surface area contributed by atoms with Crippen molar-refractivity contribution in [3.05, 3.63) is 24.3 Å². The first kappa shape index (κ1) is 10.0. The van der Waals surface area contributed by atoms with E-state index in [4.69, 9.17) is 12.8 Å². The van der Waals surface area contributed by atoms with Gasteiger partial charge in [-0.1, -0.05) is 17.9 Å². The van der Waals surface area contributed by atoms with E-state index in [1.165, 1.54) is 0 Å². The van der Waals surface area contributed by atoms with E-state index in [2.05, 4.69) is 22.5 Å². The maximum atomic E-state index is 5.14. The molecule has 2 heteroatoms. The largest absolute Gasteiger partial charge is 0.374 e. The molecular formula is C12H12N2. The van der Waals surface area contributed by atoms with Gasteiger partial charge in [-0.3, -0.25) is 0 Å². The summed E-state index contributed by atoms with van der Waals surface area (Å²) in [5, 5.41) is 6.17. The van der Waals surface area contributed by atoms with Crippen LogP contribution in [0.5, 0.6) is 0 Å². The summed E-state index contributed by atoms with van der Waals surface area (Å²) in [7, 11) is 0. The fourth-order valence-corrected chi connectivity index (χ4v) is 1.05. The zero-order valence-electron chi connectivity index (χ0n) is 7.88. The maximum Gasteiger partial charge on any atom is 0.0763 e. The van der Waals surface area contributed by atoms with Crippen LogP contribution in [0.2, 0.25) is 0 Å². The van der Waals surface area contributed by atoms with E-state index in [9.17, 15) is 0 Å². The molecule has 0 heterocycles. The fraction of sp³-hybridized carbons (Fsp3) is 0.167. The summed E-state index contributed by atoms with van der Waals surface area (Å²) in [4.78, 5) is 0. The second-order valence-electron chi connectivity index (χ2n) is 2.70. The molecule has 0 aliphatic rings. The quantitative estimate of drug-likeness (QED) is 0.697. The van der Waals surface area contributed by atoms with Crippen molar-refractivity contribution < 1.29 is 0 Å². The molecule has 2 nitrogen and oxygen atoms in total. The summed E-state index contributed by atoms with van der Waals surface area (Å²) in [6, 6.07) is 7.82. The lowest BCUT2D eigenvalue weighted by atomic mass is 10.2. The minimum absolute atomic E-state index is 0.526. The molecule has 0 aromatic heterocycles. The van der Waals surface area contributed by atoms with Crippen molar-refractivity contribution in [1.82, 2.24) is 0 Å². The topological polar surface area (TPSA) is 24.1 Å². The Bertz CT molecular complexity index is 335. The standard InChI is InChI=1S/C12H12N2/c1-3-8-13-11-6-5-7-12(10-11)14-9-4-2/h1-2,5-7,10,13-14H,8-9H2. The molecule has 0 spiro atoms. The maximum absolute atomic E-state index is 5.14. The SMILES string of the molecule is C#CCNc1cccc(NCC#C)c1. The second kappa shape index (κ2) is 5.56.